The average Bonchev–Trinajstić information content (AvgIpc) is 3.10. The normalized spacial score (nSPS) is 23.0. The first-order valence-corrected chi connectivity index (χ1v) is 7.59. The maximum absolute atomic E-state index is 5.86. The molecule has 5 heteroatoms. The van der Waals surface area contributed by atoms with Gasteiger partial charge in [-0.25, -0.2) is 0 Å². The molecule has 3 heterocycles. The number of ether oxygens (including phenoxy) is 1. The van der Waals surface area contributed by atoms with Gasteiger partial charge in [0.15, 0.2) is 0 Å². The Balaban J connectivity index is 1.55. The zero-order valence-corrected chi connectivity index (χ0v) is 11.9. The molecule has 3 rings (SSSR count). The highest BCUT2D eigenvalue weighted by Gasteiger charge is 2.30. The zero-order chi connectivity index (χ0) is 13.1. The van der Waals surface area contributed by atoms with Gasteiger partial charge in [-0.05, 0) is 28.8 Å². The van der Waals surface area contributed by atoms with Crippen LogP contribution in [0.5, 0.6) is 0 Å². The summed E-state index contributed by atoms with van der Waals surface area (Å²) in [6.45, 7) is 2.79. The Morgan fingerprint density at radius 2 is 2.53 bits per heavy atom. The van der Waals surface area contributed by atoms with Gasteiger partial charge in [0.2, 0.25) is 0 Å². The third-order valence-corrected chi connectivity index (χ3v) is 4.32. The van der Waals surface area contributed by atoms with Crippen LogP contribution in [0.25, 0.3) is 0 Å². The molecule has 4 nitrogen and oxygen atoms in total. The summed E-state index contributed by atoms with van der Waals surface area (Å²) in [5, 5.41) is 12.1. The molecule has 0 aliphatic carbocycles. The molecule has 1 aliphatic rings. The Labute approximate surface area is 117 Å². The number of hydrogen-bond acceptors (Lipinski definition) is 4. The van der Waals surface area contributed by atoms with E-state index in [0.29, 0.717) is 5.92 Å². The number of thiophene rings is 1. The lowest BCUT2D eigenvalue weighted by molar-refractivity contribution is 0.0904. The molecule has 0 aromatic carbocycles. The molecule has 1 N–H and O–H groups in total. The molecule has 2 aromatic heterocycles. The summed E-state index contributed by atoms with van der Waals surface area (Å²) in [7, 11) is 1.95. The number of aryl methyl sites for hydroxylation is 1. The number of aromatic nitrogens is 2. The monoisotopic (exact) mass is 277 g/mol. The van der Waals surface area contributed by atoms with Crippen LogP contribution >= 0.6 is 11.3 Å². The molecule has 0 saturated carbocycles. The lowest BCUT2D eigenvalue weighted by atomic mass is 9.97. The molecule has 2 atom stereocenters. The minimum atomic E-state index is 0.198. The van der Waals surface area contributed by atoms with Crippen molar-refractivity contribution >= 4 is 11.3 Å². The highest BCUT2D eigenvalue weighted by molar-refractivity contribution is 7.07. The number of nitrogens with one attached hydrogen (secondary N) is 1. The van der Waals surface area contributed by atoms with E-state index >= 15 is 0 Å². The highest BCUT2D eigenvalue weighted by atomic mass is 32.1. The minimum absolute atomic E-state index is 0.198. The van der Waals surface area contributed by atoms with Gasteiger partial charge >= 0.3 is 0 Å². The topological polar surface area (TPSA) is 39.1 Å². The summed E-state index contributed by atoms with van der Waals surface area (Å²) in [6.07, 6.45) is 5.29. The van der Waals surface area contributed by atoms with Gasteiger partial charge in [-0.1, -0.05) is 0 Å². The van der Waals surface area contributed by atoms with E-state index in [-0.39, 0.29) is 6.10 Å². The van der Waals surface area contributed by atoms with E-state index in [4.69, 9.17) is 4.74 Å². The second-order valence-corrected chi connectivity index (χ2v) is 5.83. The lowest BCUT2D eigenvalue weighted by Crippen LogP contribution is -2.24. The Morgan fingerprint density at radius 1 is 1.58 bits per heavy atom. The standard InChI is InChI=1S/C14H19N3OS/c1-17-9-13(8-16-17)14-12(2-4-18-14)7-15-6-11-3-5-19-10-11/h3,5,8-10,12,14-15H,2,4,6-7H2,1H3/t12-,14+/m0/s1. The van der Waals surface area contributed by atoms with Crippen molar-refractivity contribution < 1.29 is 4.74 Å². The maximum atomic E-state index is 5.86. The van der Waals surface area contributed by atoms with Gasteiger partial charge < -0.3 is 10.1 Å². The van der Waals surface area contributed by atoms with Crippen LogP contribution in [0.2, 0.25) is 0 Å². The van der Waals surface area contributed by atoms with Gasteiger partial charge in [-0.15, -0.1) is 0 Å². The van der Waals surface area contributed by atoms with Gasteiger partial charge in [0.25, 0.3) is 0 Å². The van der Waals surface area contributed by atoms with Crippen molar-refractivity contribution in [2.24, 2.45) is 13.0 Å². The number of rotatable bonds is 5. The van der Waals surface area contributed by atoms with Gasteiger partial charge in [0.05, 0.1) is 12.3 Å². The fourth-order valence-corrected chi connectivity index (χ4v) is 3.26. The van der Waals surface area contributed by atoms with Crippen molar-refractivity contribution in [1.82, 2.24) is 15.1 Å². The number of nitrogens with zero attached hydrogens (tertiary/aromatic N) is 2. The summed E-state index contributed by atoms with van der Waals surface area (Å²) < 4.78 is 7.70. The predicted octanol–water partition coefficient (Wildman–Crippen LogP) is 2.35. The zero-order valence-electron chi connectivity index (χ0n) is 11.1. The van der Waals surface area contributed by atoms with Gasteiger partial charge in [-0.2, -0.15) is 16.4 Å². The Kier molecular flexibility index (Phi) is 3.96. The maximum Gasteiger partial charge on any atom is 0.0896 e. The number of hydrogen-bond donors (Lipinski definition) is 1. The predicted molar refractivity (Wildman–Crippen MR) is 76.0 cm³/mol. The molecule has 0 unspecified atom stereocenters. The van der Waals surface area contributed by atoms with Crippen molar-refractivity contribution in [3.05, 3.63) is 40.3 Å². The Bertz CT molecular complexity index is 509. The molecular formula is C14H19N3OS. The van der Waals surface area contributed by atoms with Crippen LogP contribution in [0.4, 0.5) is 0 Å². The molecule has 1 aliphatic heterocycles. The summed E-state index contributed by atoms with van der Waals surface area (Å²) in [4.78, 5) is 0. The van der Waals surface area contributed by atoms with E-state index in [1.807, 2.05) is 17.9 Å². The Hall–Kier alpha value is -1.17. The largest absolute Gasteiger partial charge is 0.373 e. The van der Waals surface area contributed by atoms with E-state index in [0.717, 1.165) is 26.1 Å². The molecule has 0 spiro atoms. The SMILES string of the molecule is Cn1cc([C@@H]2OCC[C@H]2CNCc2ccsc2)cn1. The first kappa shape index (κ1) is 12.8. The minimum Gasteiger partial charge on any atom is -0.373 e. The lowest BCUT2D eigenvalue weighted by Gasteiger charge is -2.17. The quantitative estimate of drug-likeness (QED) is 0.912. The summed E-state index contributed by atoms with van der Waals surface area (Å²) in [6, 6.07) is 2.17. The molecule has 0 amide bonds. The molecular weight excluding hydrogens is 258 g/mol. The second kappa shape index (κ2) is 5.86. The van der Waals surface area contributed by atoms with E-state index in [9.17, 15) is 0 Å². The van der Waals surface area contributed by atoms with E-state index in [2.05, 4.69) is 33.4 Å². The van der Waals surface area contributed by atoms with Crippen LogP contribution < -0.4 is 5.32 Å². The van der Waals surface area contributed by atoms with Gasteiger partial charge in [0.1, 0.15) is 0 Å². The first-order valence-electron chi connectivity index (χ1n) is 6.65. The van der Waals surface area contributed by atoms with Crippen LogP contribution in [0, 0.1) is 5.92 Å². The van der Waals surface area contributed by atoms with Crippen molar-refractivity contribution in [3.8, 4) is 0 Å². The van der Waals surface area contributed by atoms with Crippen molar-refractivity contribution in [2.75, 3.05) is 13.2 Å². The molecule has 1 saturated heterocycles. The van der Waals surface area contributed by atoms with Crippen LogP contribution in [-0.2, 0) is 18.3 Å². The average molecular weight is 277 g/mol. The molecule has 1 fully saturated rings. The van der Waals surface area contributed by atoms with Gasteiger partial charge in [0, 0.05) is 44.4 Å². The highest BCUT2D eigenvalue weighted by Crippen LogP contribution is 2.33. The van der Waals surface area contributed by atoms with E-state index < -0.39 is 0 Å². The third-order valence-electron chi connectivity index (χ3n) is 3.58. The second-order valence-electron chi connectivity index (χ2n) is 5.05. The summed E-state index contributed by atoms with van der Waals surface area (Å²) in [5.41, 5.74) is 2.56. The van der Waals surface area contributed by atoms with Crippen molar-refractivity contribution in [3.63, 3.8) is 0 Å². The molecule has 2 aromatic rings. The molecule has 102 valence electrons. The Morgan fingerprint density at radius 3 is 3.26 bits per heavy atom. The third kappa shape index (κ3) is 3.05. The van der Waals surface area contributed by atoms with Crippen molar-refractivity contribution in [2.45, 2.75) is 19.1 Å². The van der Waals surface area contributed by atoms with Crippen LogP contribution in [0.3, 0.4) is 0 Å². The molecule has 0 radical (unpaired) electrons. The van der Waals surface area contributed by atoms with Crippen LogP contribution in [0.15, 0.2) is 29.2 Å². The van der Waals surface area contributed by atoms with E-state index in [1.54, 1.807) is 11.3 Å². The first-order chi connectivity index (χ1) is 9.33. The van der Waals surface area contributed by atoms with E-state index in [1.165, 1.54) is 11.1 Å². The fourth-order valence-electron chi connectivity index (χ4n) is 2.59. The summed E-state index contributed by atoms with van der Waals surface area (Å²) in [5.74, 6) is 0.544. The van der Waals surface area contributed by atoms with Crippen LogP contribution in [-0.4, -0.2) is 22.9 Å². The smallest absolute Gasteiger partial charge is 0.0896 e. The molecule has 19 heavy (non-hydrogen) atoms. The molecule has 0 bridgehead atoms. The summed E-state index contributed by atoms with van der Waals surface area (Å²) >= 11 is 1.75. The van der Waals surface area contributed by atoms with Crippen molar-refractivity contribution in [1.29, 1.82) is 0 Å². The van der Waals surface area contributed by atoms with Gasteiger partial charge in [-0.3, -0.25) is 4.68 Å². The van der Waals surface area contributed by atoms with Crippen LogP contribution in [0.1, 0.15) is 23.7 Å². The fraction of sp³-hybridized carbons (Fsp3) is 0.500.